The van der Waals surface area contributed by atoms with Crippen molar-refractivity contribution in [2.45, 2.75) is 46.5 Å². The summed E-state index contributed by atoms with van der Waals surface area (Å²) in [6.07, 6.45) is 6.83. The number of rotatable bonds is 11. The number of carbonyl (C=O) groups is 1. The predicted molar refractivity (Wildman–Crippen MR) is 153 cm³/mol. The van der Waals surface area contributed by atoms with Gasteiger partial charge in [0.1, 0.15) is 11.6 Å². The van der Waals surface area contributed by atoms with Crippen LogP contribution in [0.4, 0.5) is 17.1 Å². The second-order valence-electron chi connectivity index (χ2n) is 9.73. The normalized spacial score (nSPS) is 11.6. The molecule has 5 heteroatoms. The van der Waals surface area contributed by atoms with Gasteiger partial charge < -0.3 is 21.8 Å². The third-order valence-corrected chi connectivity index (χ3v) is 6.00. The number of hydrogen-bond donors (Lipinski definition) is 1. The second-order valence-corrected chi connectivity index (χ2v) is 9.73. The smallest absolute Gasteiger partial charge is 0.346 e. The average molecular weight is 728 g/mol. The second kappa shape index (κ2) is 15.4. The van der Waals surface area contributed by atoms with Crippen molar-refractivity contribution in [3.63, 3.8) is 0 Å². The van der Waals surface area contributed by atoms with E-state index in [0.29, 0.717) is 5.92 Å². The van der Waals surface area contributed by atoms with Crippen LogP contribution in [0.2, 0.25) is 0 Å². The molecule has 38 heavy (non-hydrogen) atoms. The van der Waals surface area contributed by atoms with E-state index < -0.39 is 5.97 Å². The van der Waals surface area contributed by atoms with Gasteiger partial charge in [-0.25, -0.2) is 4.79 Å². The van der Waals surface area contributed by atoms with E-state index in [4.69, 9.17) is 10.4 Å². The SMILES string of the molecule is C[C-](C)CC(C[C-](C)C)c1ccc(N(c2ccccc2)c2ccc(/C=C/C=C(\C#N)C(=O)O)cc2)cc1.[Np]. The Morgan fingerprint density at radius 3 is 1.84 bits per heavy atom. The molecular formula is C33H34N2NpO2-2. The number of nitrogens with zero attached hydrogens (tertiary/aromatic N) is 2. The molecule has 0 saturated heterocycles. The average Bonchev–Trinajstić information content (AvgIpc) is 2.87. The maximum Gasteiger partial charge on any atom is 0.346 e. The van der Waals surface area contributed by atoms with Crippen LogP contribution in [-0.4, -0.2) is 11.1 Å². The summed E-state index contributed by atoms with van der Waals surface area (Å²) in [6.45, 7) is 8.81. The van der Waals surface area contributed by atoms with Crippen LogP contribution >= 0.6 is 0 Å². The fourth-order valence-corrected chi connectivity index (χ4v) is 4.36. The largest absolute Gasteiger partial charge is 0.477 e. The van der Waals surface area contributed by atoms with Gasteiger partial charge in [-0.1, -0.05) is 60.5 Å². The van der Waals surface area contributed by atoms with Gasteiger partial charge in [0, 0.05) is 47.0 Å². The fraction of sp³-hybridized carbons (Fsp3) is 0.212. The zero-order valence-electron chi connectivity index (χ0n) is 22.4. The van der Waals surface area contributed by atoms with Gasteiger partial charge in [0.15, 0.2) is 0 Å². The van der Waals surface area contributed by atoms with E-state index >= 15 is 0 Å². The maximum atomic E-state index is 11.0. The Labute approximate surface area is 250 Å². The summed E-state index contributed by atoms with van der Waals surface area (Å²) >= 11 is 0. The molecular weight excluding hydrogens is 693 g/mol. The number of hydrogen-bond acceptors (Lipinski definition) is 3. The Morgan fingerprint density at radius 1 is 0.868 bits per heavy atom. The molecule has 0 amide bonds. The van der Waals surface area contributed by atoms with E-state index in [1.54, 1.807) is 18.2 Å². The van der Waals surface area contributed by atoms with Crippen molar-refractivity contribution in [2.24, 2.45) is 0 Å². The summed E-state index contributed by atoms with van der Waals surface area (Å²) in [5.41, 5.74) is 5.12. The van der Waals surface area contributed by atoms with Crippen LogP contribution in [0.15, 0.2) is 96.6 Å². The van der Waals surface area contributed by atoms with Gasteiger partial charge in [-0.2, -0.15) is 45.8 Å². The summed E-state index contributed by atoms with van der Waals surface area (Å²) < 4.78 is 0. The van der Waals surface area contributed by atoms with E-state index in [0.717, 1.165) is 35.5 Å². The first kappa shape index (κ1) is 31.1. The molecule has 4 nitrogen and oxygen atoms in total. The molecule has 3 aromatic rings. The summed E-state index contributed by atoms with van der Waals surface area (Å²) in [4.78, 5) is 13.2. The Balaban J connectivity index is 0.00000507. The van der Waals surface area contributed by atoms with E-state index in [1.807, 2.05) is 42.5 Å². The maximum absolute atomic E-state index is 11.0. The van der Waals surface area contributed by atoms with Crippen LogP contribution in [-0.2, 0) is 4.79 Å². The molecule has 0 aliphatic rings. The minimum Gasteiger partial charge on any atom is -0.477 e. The zero-order valence-corrected chi connectivity index (χ0v) is 26.2. The fourth-order valence-electron chi connectivity index (χ4n) is 4.36. The quantitative estimate of drug-likeness (QED) is 0.0929. The number of aliphatic carboxylic acids is 1. The van der Waals surface area contributed by atoms with Crippen molar-refractivity contribution in [3.05, 3.63) is 120 Å². The zero-order chi connectivity index (χ0) is 26.8. The van der Waals surface area contributed by atoms with Gasteiger partial charge in [-0.3, -0.25) is 0 Å². The van der Waals surface area contributed by atoms with Crippen LogP contribution < -0.4 is 4.90 Å². The van der Waals surface area contributed by atoms with E-state index in [1.165, 1.54) is 23.5 Å². The summed E-state index contributed by atoms with van der Waals surface area (Å²) in [6, 6.07) is 28.9. The third kappa shape index (κ3) is 9.03. The number of benzene rings is 3. The number of carboxylic acids is 1. The first-order valence-corrected chi connectivity index (χ1v) is 12.4. The van der Waals surface area contributed by atoms with E-state index in [-0.39, 0.29) is 35.5 Å². The van der Waals surface area contributed by atoms with Crippen molar-refractivity contribution in [3.8, 4) is 6.07 Å². The molecule has 3 aromatic carbocycles. The van der Waals surface area contributed by atoms with Crippen LogP contribution in [0.3, 0.4) is 0 Å². The first-order valence-electron chi connectivity index (χ1n) is 12.4. The van der Waals surface area contributed by atoms with Gasteiger partial charge in [-0.15, -0.1) is 0 Å². The van der Waals surface area contributed by atoms with Crippen LogP contribution in [0.5, 0.6) is 0 Å². The molecule has 3 rings (SSSR count). The number of allylic oxidation sites excluding steroid dienone is 2. The molecule has 0 heterocycles. The molecule has 0 spiro atoms. The molecule has 0 aliphatic heterocycles. The molecule has 0 aliphatic carbocycles. The molecule has 0 saturated carbocycles. The molecule has 0 fully saturated rings. The van der Waals surface area contributed by atoms with Crippen molar-refractivity contribution in [1.29, 1.82) is 5.26 Å². The Morgan fingerprint density at radius 2 is 1.37 bits per heavy atom. The molecule has 1 radical (unpaired) electrons. The first-order chi connectivity index (χ1) is 17.8. The van der Waals surface area contributed by atoms with E-state index in [9.17, 15) is 4.79 Å². The van der Waals surface area contributed by atoms with Crippen molar-refractivity contribution in [2.75, 3.05) is 4.90 Å². The Kier molecular flexibility index (Phi) is 12.6. The van der Waals surface area contributed by atoms with Gasteiger partial charge >= 0.3 is 5.97 Å². The molecule has 1 N–H and O–H groups in total. The minimum atomic E-state index is -1.23. The summed E-state index contributed by atoms with van der Waals surface area (Å²) in [5.74, 6) is 2.14. The molecule has 0 unspecified atom stereocenters. The number of anilines is 3. The number of nitriles is 1. The summed E-state index contributed by atoms with van der Waals surface area (Å²) in [7, 11) is 0. The van der Waals surface area contributed by atoms with Gasteiger partial charge in [0.25, 0.3) is 0 Å². The Bertz CT molecular complexity index is 1250. The Hall–Kier alpha value is -3.09. The van der Waals surface area contributed by atoms with Crippen molar-refractivity contribution >= 4 is 29.1 Å². The third-order valence-electron chi connectivity index (χ3n) is 6.00. The molecule has 195 valence electrons. The summed E-state index contributed by atoms with van der Waals surface area (Å²) in [5, 5.41) is 17.9. The van der Waals surface area contributed by atoms with Crippen molar-refractivity contribution < 1.29 is 39.8 Å². The number of para-hydroxylation sites is 1. The van der Waals surface area contributed by atoms with Gasteiger partial charge in [0.05, 0.1) is 0 Å². The minimum absolute atomic E-state index is 0. The molecule has 0 atom stereocenters. The molecule has 0 bridgehead atoms. The van der Waals surface area contributed by atoms with Crippen molar-refractivity contribution in [1.82, 2.24) is 0 Å². The van der Waals surface area contributed by atoms with Crippen LogP contribution in [0, 0.1) is 53.1 Å². The van der Waals surface area contributed by atoms with Crippen LogP contribution in [0.1, 0.15) is 57.6 Å². The van der Waals surface area contributed by atoms with Gasteiger partial charge in [-0.05, 0) is 53.6 Å². The number of carboxylic acid groups (broad SMARTS) is 1. The van der Waals surface area contributed by atoms with Gasteiger partial charge in [0.2, 0.25) is 0 Å². The monoisotopic (exact) mass is 726 g/mol. The predicted octanol–water partition coefficient (Wildman–Crippen LogP) is 8.80. The topological polar surface area (TPSA) is 64.3 Å². The standard InChI is InChI=1S/C33H34N2O2.Np/c1-24(2)21-29(22-25(3)4)27-15-19-32(20-16-27)35(30-11-6-5-7-12-30)31-17-13-26(14-18-31)9-8-10-28(23-34)33(36)37;/h5-20,29H,21-22H2,1-4H3,(H,36,37);/q-2;/b9-8+,28-10+;. The van der Waals surface area contributed by atoms with E-state index in [2.05, 4.69) is 69.0 Å². The van der Waals surface area contributed by atoms with Crippen LogP contribution in [0.25, 0.3) is 6.08 Å². The molecule has 0 aromatic heterocycles.